The fourth-order valence-electron chi connectivity index (χ4n) is 3.69. The lowest BCUT2D eigenvalue weighted by Crippen LogP contribution is -2.54. The molecule has 116 valence electrons. The third-order valence-corrected chi connectivity index (χ3v) is 4.86. The third kappa shape index (κ3) is 2.70. The maximum Gasteiger partial charge on any atom is 0.222 e. The Labute approximate surface area is 125 Å². The van der Waals surface area contributed by atoms with Gasteiger partial charge in [-0.15, -0.1) is 0 Å². The number of hydrogen-bond donors (Lipinski definition) is 1. The Balaban J connectivity index is 1.79. The van der Waals surface area contributed by atoms with E-state index in [4.69, 9.17) is 5.73 Å². The minimum atomic E-state index is 0.0952. The van der Waals surface area contributed by atoms with Crippen LogP contribution in [-0.4, -0.2) is 57.2 Å². The topological polar surface area (TPSA) is 67.4 Å². The molecule has 0 saturated carbocycles. The minimum absolute atomic E-state index is 0.0952. The molecule has 3 atom stereocenters. The van der Waals surface area contributed by atoms with Crippen molar-refractivity contribution in [2.24, 2.45) is 12.8 Å². The second-order valence-electron chi connectivity index (χ2n) is 6.24. The van der Waals surface area contributed by atoms with Gasteiger partial charge in [-0.2, -0.15) is 5.10 Å². The highest BCUT2D eigenvalue weighted by Gasteiger charge is 2.39. The van der Waals surface area contributed by atoms with E-state index in [-0.39, 0.29) is 12.1 Å². The van der Waals surface area contributed by atoms with Crippen LogP contribution in [0.15, 0.2) is 12.4 Å². The molecule has 0 radical (unpaired) electrons. The number of rotatable bonds is 4. The predicted molar refractivity (Wildman–Crippen MR) is 80.5 cm³/mol. The Morgan fingerprint density at radius 1 is 1.48 bits per heavy atom. The van der Waals surface area contributed by atoms with E-state index < -0.39 is 0 Å². The average molecular weight is 291 g/mol. The van der Waals surface area contributed by atoms with Gasteiger partial charge in [-0.05, 0) is 12.8 Å². The molecule has 2 N–H and O–H groups in total. The average Bonchev–Trinajstić information content (AvgIpc) is 3.06. The lowest BCUT2D eigenvalue weighted by molar-refractivity contribution is -0.131. The number of nitrogens with zero attached hydrogens (tertiary/aromatic N) is 4. The molecule has 0 spiro atoms. The van der Waals surface area contributed by atoms with E-state index in [9.17, 15) is 4.79 Å². The zero-order valence-corrected chi connectivity index (χ0v) is 12.9. The first-order valence-electron chi connectivity index (χ1n) is 7.87. The van der Waals surface area contributed by atoms with Gasteiger partial charge in [-0.25, -0.2) is 0 Å². The molecule has 6 heteroatoms. The van der Waals surface area contributed by atoms with E-state index in [2.05, 4.69) is 23.1 Å². The van der Waals surface area contributed by atoms with Crippen molar-refractivity contribution in [3.63, 3.8) is 0 Å². The maximum atomic E-state index is 11.8. The highest BCUT2D eigenvalue weighted by atomic mass is 16.2. The largest absolute Gasteiger partial charge is 0.337 e. The molecule has 1 amide bonds. The molecule has 3 rings (SSSR count). The van der Waals surface area contributed by atoms with Crippen molar-refractivity contribution in [1.82, 2.24) is 19.6 Å². The summed E-state index contributed by atoms with van der Waals surface area (Å²) in [6.45, 7) is 4.79. The first-order chi connectivity index (χ1) is 10.1. The van der Waals surface area contributed by atoms with Gasteiger partial charge in [0.05, 0.1) is 12.2 Å². The molecule has 21 heavy (non-hydrogen) atoms. The van der Waals surface area contributed by atoms with Crippen molar-refractivity contribution in [3.05, 3.63) is 18.0 Å². The van der Waals surface area contributed by atoms with Gasteiger partial charge in [-0.1, -0.05) is 6.92 Å². The van der Waals surface area contributed by atoms with Crippen LogP contribution in [0.4, 0.5) is 0 Å². The van der Waals surface area contributed by atoms with Crippen molar-refractivity contribution in [2.45, 2.75) is 44.3 Å². The Bertz CT molecular complexity index is 514. The SMILES string of the molecule is CCC(N)C(c1cnn(C)c1)N1CCN2C(=O)CCC2C1. The Morgan fingerprint density at radius 3 is 2.95 bits per heavy atom. The Kier molecular flexibility index (Phi) is 3.99. The molecule has 3 unspecified atom stereocenters. The predicted octanol–water partition coefficient (Wildman–Crippen LogP) is 0.505. The van der Waals surface area contributed by atoms with Crippen LogP contribution in [0.25, 0.3) is 0 Å². The zero-order chi connectivity index (χ0) is 15.0. The summed E-state index contributed by atoms with van der Waals surface area (Å²) in [6, 6.07) is 0.661. The van der Waals surface area contributed by atoms with E-state index >= 15 is 0 Å². The molecule has 2 fully saturated rings. The first-order valence-corrected chi connectivity index (χ1v) is 7.87. The summed E-state index contributed by atoms with van der Waals surface area (Å²) < 4.78 is 1.83. The quantitative estimate of drug-likeness (QED) is 0.877. The van der Waals surface area contributed by atoms with Gasteiger partial charge in [0.15, 0.2) is 0 Å². The van der Waals surface area contributed by atoms with Crippen LogP contribution in [-0.2, 0) is 11.8 Å². The number of hydrogen-bond acceptors (Lipinski definition) is 4. The van der Waals surface area contributed by atoms with E-state index in [1.807, 2.05) is 22.8 Å². The van der Waals surface area contributed by atoms with Gasteiger partial charge < -0.3 is 10.6 Å². The first kappa shape index (κ1) is 14.5. The summed E-state index contributed by atoms with van der Waals surface area (Å²) in [6.07, 6.45) is 6.61. The van der Waals surface area contributed by atoms with Crippen molar-refractivity contribution >= 4 is 5.91 Å². The molecule has 0 bridgehead atoms. The Morgan fingerprint density at radius 2 is 2.29 bits per heavy atom. The van der Waals surface area contributed by atoms with Crippen LogP contribution in [0.5, 0.6) is 0 Å². The van der Waals surface area contributed by atoms with Gasteiger partial charge in [0.2, 0.25) is 5.91 Å². The molecular weight excluding hydrogens is 266 g/mol. The van der Waals surface area contributed by atoms with Gasteiger partial charge in [0.25, 0.3) is 0 Å². The van der Waals surface area contributed by atoms with Crippen LogP contribution in [0.1, 0.15) is 37.8 Å². The van der Waals surface area contributed by atoms with Crippen molar-refractivity contribution in [2.75, 3.05) is 19.6 Å². The van der Waals surface area contributed by atoms with E-state index in [1.54, 1.807) is 0 Å². The fourth-order valence-corrected chi connectivity index (χ4v) is 3.69. The molecule has 0 aromatic carbocycles. The molecule has 1 aromatic heterocycles. The van der Waals surface area contributed by atoms with Crippen LogP contribution >= 0.6 is 0 Å². The van der Waals surface area contributed by atoms with Gasteiger partial charge >= 0.3 is 0 Å². The number of amides is 1. The van der Waals surface area contributed by atoms with Crippen molar-refractivity contribution in [3.8, 4) is 0 Å². The number of carbonyl (C=O) groups is 1. The van der Waals surface area contributed by atoms with Crippen LogP contribution in [0.3, 0.4) is 0 Å². The molecule has 1 aromatic rings. The lowest BCUT2D eigenvalue weighted by Gasteiger charge is -2.43. The number of carbonyl (C=O) groups excluding carboxylic acids is 1. The standard InChI is InChI=1S/C15H25N5O/c1-3-13(16)15(11-8-17-18(2)9-11)19-6-7-20-12(10-19)4-5-14(20)21/h8-9,12-13,15H,3-7,10,16H2,1-2H3. The second-order valence-corrected chi connectivity index (χ2v) is 6.24. The van der Waals surface area contributed by atoms with Crippen LogP contribution in [0, 0.1) is 0 Å². The highest BCUT2D eigenvalue weighted by molar-refractivity contribution is 5.78. The molecule has 2 aliphatic rings. The summed E-state index contributed by atoms with van der Waals surface area (Å²) in [7, 11) is 1.94. The smallest absolute Gasteiger partial charge is 0.222 e. The summed E-state index contributed by atoms with van der Waals surface area (Å²) in [5.74, 6) is 0.317. The lowest BCUT2D eigenvalue weighted by atomic mass is 9.97. The highest BCUT2D eigenvalue weighted by Crippen LogP contribution is 2.30. The number of aromatic nitrogens is 2. The molecule has 3 heterocycles. The summed E-state index contributed by atoms with van der Waals surface area (Å²) in [5, 5.41) is 4.30. The summed E-state index contributed by atoms with van der Waals surface area (Å²) >= 11 is 0. The van der Waals surface area contributed by atoms with Crippen molar-refractivity contribution < 1.29 is 4.79 Å². The monoisotopic (exact) mass is 291 g/mol. The minimum Gasteiger partial charge on any atom is -0.337 e. The third-order valence-electron chi connectivity index (χ3n) is 4.86. The molecule has 6 nitrogen and oxygen atoms in total. The Hall–Kier alpha value is -1.40. The van der Waals surface area contributed by atoms with E-state index in [0.29, 0.717) is 18.4 Å². The second kappa shape index (κ2) is 5.77. The molecular formula is C15H25N5O. The number of nitrogens with two attached hydrogens (primary N) is 1. The number of fused-ring (bicyclic) bond motifs is 1. The van der Waals surface area contributed by atoms with Gasteiger partial charge in [0, 0.05) is 56.9 Å². The van der Waals surface area contributed by atoms with Crippen molar-refractivity contribution in [1.29, 1.82) is 0 Å². The van der Waals surface area contributed by atoms with E-state index in [1.165, 1.54) is 5.56 Å². The summed E-state index contributed by atoms with van der Waals surface area (Å²) in [4.78, 5) is 16.3. The van der Waals surface area contributed by atoms with E-state index in [0.717, 1.165) is 32.5 Å². The fraction of sp³-hybridized carbons (Fsp3) is 0.733. The van der Waals surface area contributed by atoms with Gasteiger partial charge in [0.1, 0.15) is 0 Å². The normalized spacial score (nSPS) is 26.0. The van der Waals surface area contributed by atoms with Gasteiger partial charge in [-0.3, -0.25) is 14.4 Å². The zero-order valence-electron chi connectivity index (χ0n) is 12.9. The number of aryl methyl sites for hydroxylation is 1. The van der Waals surface area contributed by atoms with Crippen LogP contribution < -0.4 is 5.73 Å². The van der Waals surface area contributed by atoms with Crippen LogP contribution in [0.2, 0.25) is 0 Å². The maximum absolute atomic E-state index is 11.8. The summed E-state index contributed by atoms with van der Waals surface area (Å²) in [5.41, 5.74) is 7.58. The molecule has 2 saturated heterocycles. The number of piperazine rings is 1. The molecule has 2 aliphatic heterocycles. The molecule has 0 aliphatic carbocycles.